The van der Waals surface area contributed by atoms with Crippen LogP contribution in [-0.2, 0) is 0 Å². The smallest absolute Gasteiger partial charge is 0.127 e. The number of hydrogen-bond acceptors (Lipinski definition) is 2. The Kier molecular flexibility index (Phi) is 4.21. The number of rotatable bonds is 4. The fraction of sp³-hybridized carbons (Fsp3) is 0.600. The summed E-state index contributed by atoms with van der Waals surface area (Å²) in [5.41, 5.74) is 3.04. The molecule has 2 heteroatoms. The van der Waals surface area contributed by atoms with E-state index >= 15 is 0 Å². The molecule has 0 fully saturated rings. The van der Waals surface area contributed by atoms with Crippen LogP contribution in [0.3, 0.4) is 0 Å². The third-order valence-corrected chi connectivity index (χ3v) is 3.86. The van der Waals surface area contributed by atoms with Crippen LogP contribution < -0.4 is 4.74 Å². The van der Waals surface area contributed by atoms with Crippen LogP contribution in [0, 0.1) is 19.3 Å². The lowest BCUT2D eigenvalue weighted by Crippen LogP contribution is -2.21. The summed E-state index contributed by atoms with van der Waals surface area (Å²) < 4.78 is 5.46. The second kappa shape index (κ2) is 5.09. The molecule has 0 aliphatic carbocycles. The van der Waals surface area contributed by atoms with E-state index in [2.05, 4.69) is 27.7 Å². The van der Waals surface area contributed by atoms with Crippen molar-refractivity contribution >= 4 is 0 Å². The van der Waals surface area contributed by atoms with Gasteiger partial charge in [0.05, 0.1) is 13.2 Å². The summed E-state index contributed by atoms with van der Waals surface area (Å²) in [7, 11) is 1.66. The monoisotopic (exact) mass is 236 g/mol. The molecule has 0 heterocycles. The maximum Gasteiger partial charge on any atom is 0.127 e. The van der Waals surface area contributed by atoms with Gasteiger partial charge in [-0.05, 0) is 36.8 Å². The maximum absolute atomic E-state index is 10.5. The number of methoxy groups -OCH3 is 1. The fourth-order valence-corrected chi connectivity index (χ4v) is 1.91. The van der Waals surface area contributed by atoms with Gasteiger partial charge in [0.2, 0.25) is 0 Å². The van der Waals surface area contributed by atoms with Gasteiger partial charge in [-0.3, -0.25) is 0 Å². The minimum Gasteiger partial charge on any atom is -0.496 e. The average Bonchev–Trinajstić information content (AvgIpc) is 2.31. The molecular weight excluding hydrogens is 212 g/mol. The molecule has 0 saturated heterocycles. The molecule has 17 heavy (non-hydrogen) atoms. The molecule has 1 aromatic rings. The van der Waals surface area contributed by atoms with E-state index in [1.165, 1.54) is 5.56 Å². The number of benzene rings is 1. The highest BCUT2D eigenvalue weighted by atomic mass is 16.5. The van der Waals surface area contributed by atoms with Crippen molar-refractivity contribution < 1.29 is 9.84 Å². The zero-order valence-corrected chi connectivity index (χ0v) is 11.8. The predicted octanol–water partition coefficient (Wildman–Crippen LogP) is 3.78. The third-order valence-electron chi connectivity index (χ3n) is 3.86. The molecule has 2 nitrogen and oxygen atoms in total. The quantitative estimate of drug-likeness (QED) is 0.862. The number of aryl methyl sites for hydroxylation is 1. The zero-order valence-electron chi connectivity index (χ0n) is 11.8. The van der Waals surface area contributed by atoms with Crippen LogP contribution in [0.1, 0.15) is 50.0 Å². The Bertz CT molecular complexity index is 394. The van der Waals surface area contributed by atoms with Crippen LogP contribution in [0.15, 0.2) is 12.1 Å². The lowest BCUT2D eigenvalue weighted by Gasteiger charge is -2.31. The van der Waals surface area contributed by atoms with Gasteiger partial charge in [-0.2, -0.15) is 0 Å². The van der Waals surface area contributed by atoms with Gasteiger partial charge in [0.1, 0.15) is 5.75 Å². The molecule has 0 radical (unpaired) electrons. The van der Waals surface area contributed by atoms with Gasteiger partial charge < -0.3 is 9.84 Å². The first kappa shape index (κ1) is 14.0. The van der Waals surface area contributed by atoms with Gasteiger partial charge >= 0.3 is 0 Å². The summed E-state index contributed by atoms with van der Waals surface area (Å²) in [5.74, 6) is 0.819. The molecule has 0 amide bonds. The fourth-order valence-electron chi connectivity index (χ4n) is 1.91. The van der Waals surface area contributed by atoms with Crippen molar-refractivity contribution in [2.75, 3.05) is 7.11 Å². The molecule has 1 unspecified atom stereocenters. The largest absolute Gasteiger partial charge is 0.496 e. The first-order valence-electron chi connectivity index (χ1n) is 6.17. The Balaban J connectivity index is 3.27. The normalized spacial score (nSPS) is 13.6. The van der Waals surface area contributed by atoms with Gasteiger partial charge in [0.25, 0.3) is 0 Å². The average molecular weight is 236 g/mol. The molecule has 1 atom stereocenters. The number of ether oxygens (including phenoxy) is 1. The first-order valence-corrected chi connectivity index (χ1v) is 6.17. The van der Waals surface area contributed by atoms with Crippen molar-refractivity contribution in [2.45, 2.75) is 47.1 Å². The van der Waals surface area contributed by atoms with Gasteiger partial charge in [0.15, 0.2) is 0 Å². The van der Waals surface area contributed by atoms with Gasteiger partial charge in [-0.25, -0.2) is 0 Å². The number of hydrogen-bond donors (Lipinski definition) is 1. The highest BCUT2D eigenvalue weighted by molar-refractivity contribution is 5.46. The minimum absolute atomic E-state index is 0.144. The molecule has 1 aromatic carbocycles. The summed E-state index contributed by atoms with van der Waals surface area (Å²) in [6, 6.07) is 4.02. The van der Waals surface area contributed by atoms with Crippen LogP contribution in [0.4, 0.5) is 0 Å². The van der Waals surface area contributed by atoms with Crippen molar-refractivity contribution in [2.24, 2.45) is 5.41 Å². The Morgan fingerprint density at radius 1 is 1.29 bits per heavy atom. The van der Waals surface area contributed by atoms with Crippen LogP contribution in [0.25, 0.3) is 0 Å². The van der Waals surface area contributed by atoms with Gasteiger partial charge in [-0.1, -0.05) is 32.9 Å². The summed E-state index contributed by atoms with van der Waals surface area (Å²) >= 11 is 0. The highest BCUT2D eigenvalue weighted by Crippen LogP contribution is 2.41. The van der Waals surface area contributed by atoms with E-state index in [1.807, 2.05) is 19.1 Å². The Morgan fingerprint density at radius 2 is 1.88 bits per heavy atom. The predicted molar refractivity (Wildman–Crippen MR) is 71.5 cm³/mol. The second-order valence-electron chi connectivity index (χ2n) is 5.37. The van der Waals surface area contributed by atoms with Crippen molar-refractivity contribution in [1.29, 1.82) is 0 Å². The van der Waals surface area contributed by atoms with Crippen LogP contribution in [-0.4, -0.2) is 12.2 Å². The maximum atomic E-state index is 10.5. The lowest BCUT2D eigenvalue weighted by atomic mass is 9.79. The third kappa shape index (κ3) is 2.63. The van der Waals surface area contributed by atoms with Crippen LogP contribution in [0.2, 0.25) is 0 Å². The molecule has 0 aromatic heterocycles. The van der Waals surface area contributed by atoms with Crippen LogP contribution in [0.5, 0.6) is 5.75 Å². The van der Waals surface area contributed by atoms with E-state index in [0.29, 0.717) is 0 Å². The Labute approximate surface area is 105 Å². The van der Waals surface area contributed by atoms with Crippen molar-refractivity contribution in [1.82, 2.24) is 0 Å². The molecule has 1 rings (SSSR count). The van der Waals surface area contributed by atoms with Crippen molar-refractivity contribution in [3.05, 3.63) is 28.8 Å². The molecule has 0 spiro atoms. The summed E-state index contributed by atoms with van der Waals surface area (Å²) in [6.45, 7) is 10.3. The van der Waals surface area contributed by atoms with E-state index in [9.17, 15) is 5.11 Å². The Hall–Kier alpha value is -1.02. The van der Waals surface area contributed by atoms with Crippen molar-refractivity contribution in [3.8, 4) is 5.75 Å². The minimum atomic E-state index is -0.498. The number of aliphatic hydroxyl groups excluding tert-OH is 1. The van der Waals surface area contributed by atoms with Gasteiger partial charge in [-0.15, -0.1) is 0 Å². The van der Waals surface area contributed by atoms with E-state index in [-0.39, 0.29) is 5.41 Å². The summed E-state index contributed by atoms with van der Waals surface area (Å²) in [6.07, 6.45) is 0.422. The molecule has 0 saturated carbocycles. The highest BCUT2D eigenvalue weighted by Gasteiger charge is 2.30. The van der Waals surface area contributed by atoms with E-state index in [4.69, 9.17) is 4.74 Å². The molecule has 0 aliphatic heterocycles. The lowest BCUT2D eigenvalue weighted by molar-refractivity contribution is 0.0444. The standard InChI is InChI=1S/C15H24O2/c1-7-15(4,5)14(16)12-9-8-10(2)11(3)13(12)17-6/h8-9,14,16H,7H2,1-6H3. The summed E-state index contributed by atoms with van der Waals surface area (Å²) in [5, 5.41) is 10.5. The second-order valence-corrected chi connectivity index (χ2v) is 5.37. The molecule has 0 bridgehead atoms. The molecular formula is C15H24O2. The molecule has 1 N–H and O–H groups in total. The van der Waals surface area contributed by atoms with Crippen molar-refractivity contribution in [3.63, 3.8) is 0 Å². The van der Waals surface area contributed by atoms with E-state index in [1.54, 1.807) is 7.11 Å². The summed E-state index contributed by atoms with van der Waals surface area (Å²) in [4.78, 5) is 0. The SMILES string of the molecule is CCC(C)(C)C(O)c1ccc(C)c(C)c1OC. The molecule has 0 aliphatic rings. The Morgan fingerprint density at radius 3 is 2.35 bits per heavy atom. The topological polar surface area (TPSA) is 29.5 Å². The zero-order chi connectivity index (χ0) is 13.2. The molecule has 96 valence electrons. The first-order chi connectivity index (χ1) is 7.85. The van der Waals surface area contributed by atoms with E-state index in [0.717, 1.165) is 23.3 Å². The number of aliphatic hydroxyl groups is 1. The van der Waals surface area contributed by atoms with Crippen LogP contribution >= 0.6 is 0 Å². The van der Waals surface area contributed by atoms with E-state index < -0.39 is 6.10 Å². The van der Waals surface area contributed by atoms with Gasteiger partial charge in [0, 0.05) is 5.56 Å².